The molecule has 1 aromatic rings. The molecule has 1 aliphatic carbocycles. The third-order valence-electron chi connectivity index (χ3n) is 5.01. The second kappa shape index (κ2) is 6.75. The number of methoxy groups -OCH3 is 1. The van der Waals surface area contributed by atoms with Crippen molar-refractivity contribution in [3.05, 3.63) is 57.4 Å². The zero-order valence-corrected chi connectivity index (χ0v) is 16.5. The fourth-order valence-electron chi connectivity index (χ4n) is 3.92. The van der Waals surface area contributed by atoms with E-state index in [2.05, 4.69) is 25.7 Å². The third kappa shape index (κ3) is 3.28. The summed E-state index contributed by atoms with van der Waals surface area (Å²) in [6, 6.07) is 5.18. The molecule has 0 amide bonds. The fourth-order valence-corrected chi connectivity index (χ4v) is 4.22. The standard InChI is InChI=1S/C20H21Cl2NO3/c1-10-16(19(25)26-4)17(11-5-6-12(21)13(22)7-11)18-14(23-10)8-20(2,3)9-15(18)24/h5-7,16-17,23H,1,8-9H2,2-4H3. The van der Waals surface area contributed by atoms with Crippen LogP contribution in [0, 0.1) is 11.3 Å². The number of ketones is 1. The van der Waals surface area contributed by atoms with Crippen LogP contribution in [0.1, 0.15) is 38.2 Å². The SMILES string of the molecule is C=C1NC2=C(C(=O)CC(C)(C)C2)C(c2ccc(Cl)c(Cl)c2)C1C(=O)OC. The molecule has 0 saturated carbocycles. The Kier molecular flexibility index (Phi) is 4.93. The van der Waals surface area contributed by atoms with Crippen LogP contribution in [0.3, 0.4) is 0 Å². The Morgan fingerprint density at radius 2 is 1.96 bits per heavy atom. The van der Waals surface area contributed by atoms with Crippen LogP contribution in [0.15, 0.2) is 41.7 Å². The lowest BCUT2D eigenvalue weighted by Crippen LogP contribution is -2.43. The molecule has 4 nitrogen and oxygen atoms in total. The number of halogens is 2. The van der Waals surface area contributed by atoms with Gasteiger partial charge in [0.05, 0.1) is 17.2 Å². The molecule has 1 aliphatic heterocycles. The predicted molar refractivity (Wildman–Crippen MR) is 102 cm³/mol. The molecule has 2 unspecified atom stereocenters. The number of rotatable bonds is 2. The van der Waals surface area contributed by atoms with Crippen molar-refractivity contribution in [1.29, 1.82) is 0 Å². The Labute approximate surface area is 163 Å². The van der Waals surface area contributed by atoms with Crippen molar-refractivity contribution < 1.29 is 14.3 Å². The smallest absolute Gasteiger partial charge is 0.315 e. The molecular weight excluding hydrogens is 373 g/mol. The number of carbonyl (C=O) groups excluding carboxylic acids is 2. The van der Waals surface area contributed by atoms with Gasteiger partial charge in [-0.25, -0.2) is 0 Å². The maximum atomic E-state index is 13.0. The van der Waals surface area contributed by atoms with E-state index in [-0.39, 0.29) is 11.2 Å². The van der Waals surface area contributed by atoms with Crippen LogP contribution in [-0.4, -0.2) is 18.9 Å². The van der Waals surface area contributed by atoms with E-state index in [9.17, 15) is 9.59 Å². The first kappa shape index (κ1) is 19.0. The number of nitrogens with one attached hydrogen (secondary N) is 1. The van der Waals surface area contributed by atoms with E-state index < -0.39 is 17.8 Å². The lowest BCUT2D eigenvalue weighted by molar-refractivity contribution is -0.144. The topological polar surface area (TPSA) is 55.4 Å². The van der Waals surface area contributed by atoms with E-state index in [1.165, 1.54) is 7.11 Å². The first-order valence-corrected chi connectivity index (χ1v) is 9.15. The van der Waals surface area contributed by atoms with E-state index in [0.29, 0.717) is 34.2 Å². The van der Waals surface area contributed by atoms with Gasteiger partial charge in [0.15, 0.2) is 5.78 Å². The first-order chi connectivity index (χ1) is 12.1. The third-order valence-corrected chi connectivity index (χ3v) is 5.75. The fraction of sp³-hybridized carbons (Fsp3) is 0.400. The van der Waals surface area contributed by atoms with Gasteiger partial charge in [-0.2, -0.15) is 0 Å². The highest BCUT2D eigenvalue weighted by Gasteiger charge is 2.46. The second-order valence-electron chi connectivity index (χ2n) is 7.64. The molecule has 0 bridgehead atoms. The summed E-state index contributed by atoms with van der Waals surface area (Å²) in [5.41, 5.74) is 2.57. The van der Waals surface area contributed by atoms with E-state index in [0.717, 1.165) is 11.3 Å². The Bertz CT molecular complexity index is 841. The summed E-state index contributed by atoms with van der Waals surface area (Å²) in [4.78, 5) is 25.5. The summed E-state index contributed by atoms with van der Waals surface area (Å²) in [6.07, 6.45) is 1.13. The monoisotopic (exact) mass is 393 g/mol. The van der Waals surface area contributed by atoms with Gasteiger partial charge in [0.1, 0.15) is 5.92 Å². The minimum absolute atomic E-state index is 0.0289. The number of Topliss-reactive ketones (excluding diaryl/α,β-unsaturated/α-hetero) is 1. The molecular formula is C20H21Cl2NO3. The molecule has 26 heavy (non-hydrogen) atoms. The highest BCUT2D eigenvalue weighted by Crippen LogP contribution is 2.48. The largest absolute Gasteiger partial charge is 0.468 e. The van der Waals surface area contributed by atoms with Crippen LogP contribution in [0.25, 0.3) is 0 Å². The lowest BCUT2D eigenvalue weighted by Gasteiger charge is -2.42. The van der Waals surface area contributed by atoms with Crippen LogP contribution in [0.2, 0.25) is 10.0 Å². The molecule has 2 atom stereocenters. The molecule has 0 radical (unpaired) electrons. The minimum Gasteiger partial charge on any atom is -0.468 e. The predicted octanol–water partition coefficient (Wildman–Crippen LogP) is 4.63. The summed E-state index contributed by atoms with van der Waals surface area (Å²) in [6.45, 7) is 8.14. The molecule has 1 N–H and O–H groups in total. The molecule has 1 aromatic carbocycles. The molecule has 138 valence electrons. The molecule has 3 rings (SSSR count). The number of esters is 1. The Hall–Kier alpha value is -1.78. The molecule has 0 aromatic heterocycles. The summed E-state index contributed by atoms with van der Waals surface area (Å²) >= 11 is 12.2. The zero-order chi connectivity index (χ0) is 19.2. The number of hydrogen-bond acceptors (Lipinski definition) is 4. The van der Waals surface area contributed by atoms with Crippen molar-refractivity contribution >= 4 is 35.0 Å². The summed E-state index contributed by atoms with van der Waals surface area (Å²) < 4.78 is 4.99. The summed E-state index contributed by atoms with van der Waals surface area (Å²) in [5.74, 6) is -1.62. The molecule has 2 aliphatic rings. The number of allylic oxidation sites excluding steroid dienone is 2. The van der Waals surface area contributed by atoms with Gasteiger partial charge in [-0.15, -0.1) is 0 Å². The maximum absolute atomic E-state index is 13.0. The molecule has 0 spiro atoms. The highest BCUT2D eigenvalue weighted by molar-refractivity contribution is 6.42. The lowest BCUT2D eigenvalue weighted by atomic mass is 9.66. The average Bonchev–Trinajstić information content (AvgIpc) is 2.54. The van der Waals surface area contributed by atoms with Crippen molar-refractivity contribution in [3.63, 3.8) is 0 Å². The number of benzene rings is 1. The van der Waals surface area contributed by atoms with Gasteiger partial charge in [0.2, 0.25) is 0 Å². The number of carbonyl (C=O) groups is 2. The first-order valence-electron chi connectivity index (χ1n) is 8.39. The van der Waals surface area contributed by atoms with Crippen LogP contribution in [-0.2, 0) is 14.3 Å². The van der Waals surface area contributed by atoms with Gasteiger partial charge in [0.25, 0.3) is 0 Å². The van der Waals surface area contributed by atoms with E-state index >= 15 is 0 Å². The zero-order valence-electron chi connectivity index (χ0n) is 15.0. The minimum atomic E-state index is -0.707. The van der Waals surface area contributed by atoms with Crippen LogP contribution in [0.4, 0.5) is 0 Å². The molecule has 0 saturated heterocycles. The highest BCUT2D eigenvalue weighted by atomic mass is 35.5. The number of hydrogen-bond donors (Lipinski definition) is 1. The normalized spacial score (nSPS) is 24.8. The Balaban J connectivity index is 2.21. The average molecular weight is 394 g/mol. The van der Waals surface area contributed by atoms with Gasteiger partial charge < -0.3 is 10.1 Å². The van der Waals surface area contributed by atoms with Crippen molar-refractivity contribution in [2.45, 2.75) is 32.6 Å². The number of ether oxygens (including phenoxy) is 1. The summed E-state index contributed by atoms with van der Waals surface area (Å²) in [5, 5.41) is 4.00. The van der Waals surface area contributed by atoms with Gasteiger partial charge in [-0.05, 0) is 29.5 Å². The van der Waals surface area contributed by atoms with Crippen LogP contribution in [0.5, 0.6) is 0 Å². The Morgan fingerprint density at radius 1 is 1.27 bits per heavy atom. The van der Waals surface area contributed by atoms with Crippen molar-refractivity contribution in [3.8, 4) is 0 Å². The van der Waals surface area contributed by atoms with Gasteiger partial charge in [0, 0.05) is 29.3 Å². The van der Waals surface area contributed by atoms with Crippen molar-refractivity contribution in [1.82, 2.24) is 5.32 Å². The van der Waals surface area contributed by atoms with Gasteiger partial charge >= 0.3 is 5.97 Å². The van der Waals surface area contributed by atoms with Gasteiger partial charge in [-0.1, -0.05) is 49.7 Å². The van der Waals surface area contributed by atoms with E-state index in [1.807, 2.05) is 0 Å². The van der Waals surface area contributed by atoms with E-state index in [1.54, 1.807) is 18.2 Å². The van der Waals surface area contributed by atoms with E-state index in [4.69, 9.17) is 27.9 Å². The quantitative estimate of drug-likeness (QED) is 0.744. The maximum Gasteiger partial charge on any atom is 0.315 e. The summed E-state index contributed by atoms with van der Waals surface area (Å²) in [7, 11) is 1.33. The molecule has 0 fully saturated rings. The van der Waals surface area contributed by atoms with Crippen LogP contribution >= 0.6 is 23.2 Å². The van der Waals surface area contributed by atoms with Crippen molar-refractivity contribution in [2.24, 2.45) is 11.3 Å². The Morgan fingerprint density at radius 3 is 2.58 bits per heavy atom. The second-order valence-corrected chi connectivity index (χ2v) is 8.45. The van der Waals surface area contributed by atoms with Gasteiger partial charge in [-0.3, -0.25) is 9.59 Å². The van der Waals surface area contributed by atoms with Crippen LogP contribution < -0.4 is 5.32 Å². The molecule has 6 heteroatoms. The molecule has 1 heterocycles. The van der Waals surface area contributed by atoms with Crippen molar-refractivity contribution in [2.75, 3.05) is 7.11 Å².